The number of rotatable bonds is 6. The zero-order valence-electron chi connectivity index (χ0n) is 16.9. The van der Waals surface area contributed by atoms with Crippen molar-refractivity contribution in [3.8, 4) is 11.5 Å². The number of hydrogen-bond donors (Lipinski definition) is 1. The van der Waals surface area contributed by atoms with Crippen molar-refractivity contribution in [2.45, 2.75) is 31.9 Å². The Balaban J connectivity index is 1.41. The van der Waals surface area contributed by atoms with Crippen molar-refractivity contribution < 1.29 is 19.0 Å². The Bertz CT molecular complexity index is 863. The lowest BCUT2D eigenvalue weighted by Crippen LogP contribution is -2.32. The van der Waals surface area contributed by atoms with Gasteiger partial charge in [0.25, 0.3) is 5.91 Å². The van der Waals surface area contributed by atoms with Gasteiger partial charge in [-0.3, -0.25) is 4.79 Å². The first-order valence-corrected chi connectivity index (χ1v) is 10.0. The number of aromatic nitrogens is 1. The first kappa shape index (κ1) is 19.5. The molecule has 7 heteroatoms. The van der Waals surface area contributed by atoms with Crippen LogP contribution in [0.1, 0.15) is 34.3 Å². The van der Waals surface area contributed by atoms with Gasteiger partial charge in [-0.2, -0.15) is 0 Å². The summed E-state index contributed by atoms with van der Waals surface area (Å²) < 4.78 is 16.4. The maximum absolute atomic E-state index is 12.3. The van der Waals surface area contributed by atoms with E-state index in [1.54, 1.807) is 20.4 Å². The summed E-state index contributed by atoms with van der Waals surface area (Å²) in [5.74, 6) is 2.25. The number of hydrogen-bond acceptors (Lipinski definition) is 6. The maximum atomic E-state index is 12.3. The smallest absolute Gasteiger partial charge is 0.252 e. The van der Waals surface area contributed by atoms with Crippen molar-refractivity contribution in [3.05, 3.63) is 47.2 Å². The molecule has 1 saturated heterocycles. The molecular weight excluding hydrogens is 370 g/mol. The number of fused-ring (bicyclic) bond motifs is 1. The van der Waals surface area contributed by atoms with Crippen LogP contribution in [0.15, 0.2) is 30.5 Å². The summed E-state index contributed by atoms with van der Waals surface area (Å²) in [5.41, 5.74) is 3.04. The Morgan fingerprint density at radius 1 is 1.24 bits per heavy atom. The molecule has 7 nitrogen and oxygen atoms in total. The fourth-order valence-electron chi connectivity index (χ4n) is 3.90. The molecule has 1 fully saturated rings. The molecule has 2 aromatic rings. The lowest BCUT2D eigenvalue weighted by molar-refractivity contribution is 0.0857. The number of anilines is 1. The second-order valence-electron chi connectivity index (χ2n) is 7.40. The lowest BCUT2D eigenvalue weighted by atomic mass is 9.98. The van der Waals surface area contributed by atoms with E-state index >= 15 is 0 Å². The average Bonchev–Trinajstić information content (AvgIpc) is 3.30. The maximum Gasteiger partial charge on any atom is 0.252 e. The molecule has 3 heterocycles. The van der Waals surface area contributed by atoms with E-state index in [4.69, 9.17) is 14.2 Å². The van der Waals surface area contributed by atoms with Crippen molar-refractivity contribution in [2.24, 2.45) is 0 Å². The SMILES string of the molecule is COc1cc2c(cc1OC)CN(c1ccc(C(=O)NCC3CCCO3)cn1)CC2. The quantitative estimate of drug-likeness (QED) is 0.808. The number of amides is 1. The van der Waals surface area contributed by atoms with Gasteiger partial charge in [0.15, 0.2) is 11.5 Å². The van der Waals surface area contributed by atoms with E-state index in [1.165, 1.54) is 11.1 Å². The summed E-state index contributed by atoms with van der Waals surface area (Å²) in [6, 6.07) is 7.83. The van der Waals surface area contributed by atoms with Crippen LogP contribution in [0.3, 0.4) is 0 Å². The lowest BCUT2D eigenvalue weighted by Gasteiger charge is -2.30. The Labute approximate surface area is 171 Å². The van der Waals surface area contributed by atoms with Crippen LogP contribution < -0.4 is 19.7 Å². The molecule has 0 spiro atoms. The molecule has 0 radical (unpaired) electrons. The molecule has 1 amide bonds. The van der Waals surface area contributed by atoms with Crippen molar-refractivity contribution in [1.29, 1.82) is 0 Å². The van der Waals surface area contributed by atoms with Gasteiger partial charge in [-0.1, -0.05) is 0 Å². The van der Waals surface area contributed by atoms with E-state index in [0.717, 1.165) is 56.3 Å². The number of benzene rings is 1. The van der Waals surface area contributed by atoms with Crippen LogP contribution in [0.2, 0.25) is 0 Å². The Morgan fingerprint density at radius 2 is 2.03 bits per heavy atom. The van der Waals surface area contributed by atoms with Crippen LogP contribution in [0.25, 0.3) is 0 Å². The van der Waals surface area contributed by atoms with Crippen LogP contribution in [0.4, 0.5) is 5.82 Å². The minimum absolute atomic E-state index is 0.111. The average molecular weight is 397 g/mol. The van der Waals surface area contributed by atoms with Gasteiger partial charge in [-0.25, -0.2) is 4.98 Å². The normalized spacial score (nSPS) is 18.3. The second-order valence-corrected chi connectivity index (χ2v) is 7.40. The zero-order chi connectivity index (χ0) is 20.2. The molecule has 0 saturated carbocycles. The monoisotopic (exact) mass is 397 g/mol. The third kappa shape index (κ3) is 4.29. The van der Waals surface area contributed by atoms with Gasteiger partial charge in [-0.15, -0.1) is 0 Å². The molecule has 1 atom stereocenters. The highest BCUT2D eigenvalue weighted by Crippen LogP contribution is 2.34. The van der Waals surface area contributed by atoms with Crippen LogP contribution in [0, 0.1) is 0 Å². The zero-order valence-corrected chi connectivity index (χ0v) is 16.9. The van der Waals surface area contributed by atoms with Gasteiger partial charge < -0.3 is 24.4 Å². The molecule has 4 rings (SSSR count). The van der Waals surface area contributed by atoms with Gasteiger partial charge in [-0.05, 0) is 54.7 Å². The van der Waals surface area contributed by atoms with Crippen molar-refractivity contribution >= 4 is 11.7 Å². The van der Waals surface area contributed by atoms with Gasteiger partial charge >= 0.3 is 0 Å². The molecular formula is C22H27N3O4. The first-order valence-electron chi connectivity index (χ1n) is 10.0. The Hall–Kier alpha value is -2.80. The third-order valence-electron chi connectivity index (χ3n) is 5.57. The summed E-state index contributed by atoms with van der Waals surface area (Å²) in [4.78, 5) is 19.1. The van der Waals surface area contributed by atoms with Gasteiger partial charge in [0.2, 0.25) is 0 Å². The topological polar surface area (TPSA) is 72.9 Å². The van der Waals surface area contributed by atoms with Crippen LogP contribution >= 0.6 is 0 Å². The molecule has 2 aliphatic heterocycles. The fourth-order valence-corrected chi connectivity index (χ4v) is 3.90. The summed E-state index contributed by atoms with van der Waals surface area (Å²) in [6.45, 7) is 2.94. The molecule has 0 bridgehead atoms. The first-order chi connectivity index (χ1) is 14.2. The molecule has 154 valence electrons. The summed E-state index contributed by atoms with van der Waals surface area (Å²) in [7, 11) is 3.30. The number of nitrogens with one attached hydrogen (secondary N) is 1. The molecule has 1 aromatic carbocycles. The van der Waals surface area contributed by atoms with Crippen LogP contribution in [-0.2, 0) is 17.7 Å². The predicted octanol–water partition coefficient (Wildman–Crippen LogP) is 2.57. The minimum atomic E-state index is -0.111. The largest absolute Gasteiger partial charge is 0.493 e. The number of carbonyl (C=O) groups is 1. The molecule has 1 unspecified atom stereocenters. The molecule has 1 N–H and O–H groups in total. The van der Waals surface area contributed by atoms with E-state index in [0.29, 0.717) is 12.1 Å². The van der Waals surface area contributed by atoms with Crippen molar-refractivity contribution in [3.63, 3.8) is 0 Å². The van der Waals surface area contributed by atoms with E-state index in [1.807, 2.05) is 18.2 Å². The minimum Gasteiger partial charge on any atom is -0.493 e. The number of nitrogens with zero attached hydrogens (tertiary/aromatic N) is 2. The Morgan fingerprint density at radius 3 is 2.69 bits per heavy atom. The van der Waals surface area contributed by atoms with E-state index < -0.39 is 0 Å². The number of ether oxygens (including phenoxy) is 3. The number of pyridine rings is 1. The van der Waals surface area contributed by atoms with E-state index in [-0.39, 0.29) is 12.0 Å². The molecule has 1 aromatic heterocycles. The van der Waals surface area contributed by atoms with Gasteiger partial charge in [0.05, 0.1) is 25.9 Å². The summed E-state index contributed by atoms with van der Waals surface area (Å²) in [5, 5.41) is 2.93. The van der Waals surface area contributed by atoms with E-state index in [9.17, 15) is 4.79 Å². The highest BCUT2D eigenvalue weighted by Gasteiger charge is 2.21. The van der Waals surface area contributed by atoms with Crippen LogP contribution in [-0.4, -0.2) is 50.9 Å². The van der Waals surface area contributed by atoms with Gasteiger partial charge in [0.1, 0.15) is 5.82 Å². The highest BCUT2D eigenvalue weighted by molar-refractivity contribution is 5.94. The summed E-state index contributed by atoms with van der Waals surface area (Å²) >= 11 is 0. The fraction of sp³-hybridized carbons (Fsp3) is 0.455. The predicted molar refractivity (Wildman–Crippen MR) is 110 cm³/mol. The highest BCUT2D eigenvalue weighted by atomic mass is 16.5. The standard InChI is InChI=1S/C22H27N3O4/c1-27-19-10-15-7-8-25(14-17(15)11-20(19)28-2)21-6-5-16(12-23-21)22(26)24-13-18-4-3-9-29-18/h5-6,10-12,18H,3-4,7-9,13-14H2,1-2H3,(H,24,26). The van der Waals surface area contributed by atoms with E-state index in [2.05, 4.69) is 21.3 Å². The van der Waals surface area contributed by atoms with Crippen molar-refractivity contribution in [1.82, 2.24) is 10.3 Å². The van der Waals surface area contributed by atoms with Gasteiger partial charge in [0, 0.05) is 32.4 Å². The van der Waals surface area contributed by atoms with Crippen LogP contribution in [0.5, 0.6) is 11.5 Å². The second kappa shape index (κ2) is 8.69. The Kier molecular flexibility index (Phi) is 5.85. The molecule has 2 aliphatic rings. The third-order valence-corrected chi connectivity index (χ3v) is 5.57. The molecule has 29 heavy (non-hydrogen) atoms. The van der Waals surface area contributed by atoms with Crippen molar-refractivity contribution in [2.75, 3.05) is 38.8 Å². The molecule has 0 aliphatic carbocycles. The summed E-state index contributed by atoms with van der Waals surface area (Å²) in [6.07, 6.45) is 4.75. The number of carbonyl (C=O) groups excluding carboxylic acids is 1. The number of methoxy groups -OCH3 is 2.